The minimum Gasteiger partial charge on any atom is -0.258 e. The second-order valence-corrected chi connectivity index (χ2v) is 7.93. The van der Waals surface area contributed by atoms with E-state index in [1.165, 1.54) is 16.4 Å². The molecule has 7 heteroatoms. The molecule has 0 aliphatic carbocycles. The number of hydrogen-bond acceptors (Lipinski definition) is 4. The van der Waals surface area contributed by atoms with Crippen LogP contribution in [0.15, 0.2) is 48.5 Å². The maximum Gasteiger partial charge on any atom is 0.269 e. The number of aryl methyl sites for hydroxylation is 1. The number of nitrogens with zero attached hydrogens (tertiary/aromatic N) is 2. The average molecular weight is 346 g/mol. The molecular weight excluding hydrogens is 328 g/mol. The molecule has 2 aromatic carbocycles. The van der Waals surface area contributed by atoms with E-state index in [1.807, 2.05) is 24.3 Å². The molecule has 0 N–H and O–H groups in total. The summed E-state index contributed by atoms with van der Waals surface area (Å²) >= 11 is 0. The zero-order valence-electron chi connectivity index (χ0n) is 13.1. The van der Waals surface area contributed by atoms with E-state index in [0.717, 1.165) is 16.7 Å². The lowest BCUT2D eigenvalue weighted by molar-refractivity contribution is -0.384. The number of nitro benzene ring substituents is 1. The van der Waals surface area contributed by atoms with Crippen LogP contribution in [-0.4, -0.2) is 29.9 Å². The molecule has 0 atom stereocenters. The van der Waals surface area contributed by atoms with E-state index >= 15 is 0 Å². The third-order valence-corrected chi connectivity index (χ3v) is 6.10. The highest BCUT2D eigenvalue weighted by atomic mass is 32.2. The van der Waals surface area contributed by atoms with E-state index in [-0.39, 0.29) is 11.4 Å². The van der Waals surface area contributed by atoms with Crippen molar-refractivity contribution in [2.45, 2.75) is 19.4 Å². The van der Waals surface area contributed by atoms with Crippen molar-refractivity contribution in [1.29, 1.82) is 0 Å². The maximum atomic E-state index is 12.5. The first-order valence-electron chi connectivity index (χ1n) is 7.74. The van der Waals surface area contributed by atoms with Crippen molar-refractivity contribution in [1.82, 2.24) is 4.31 Å². The van der Waals surface area contributed by atoms with Gasteiger partial charge in [-0.15, -0.1) is 0 Å². The van der Waals surface area contributed by atoms with Gasteiger partial charge in [-0.1, -0.05) is 36.4 Å². The predicted molar refractivity (Wildman–Crippen MR) is 91.1 cm³/mol. The Morgan fingerprint density at radius 2 is 1.71 bits per heavy atom. The van der Waals surface area contributed by atoms with Crippen LogP contribution in [0.1, 0.15) is 16.7 Å². The first-order chi connectivity index (χ1) is 11.5. The lowest BCUT2D eigenvalue weighted by Crippen LogP contribution is -2.33. The Kier molecular flexibility index (Phi) is 4.64. The summed E-state index contributed by atoms with van der Waals surface area (Å²) in [6.45, 7) is 0.750. The number of hydrogen-bond donors (Lipinski definition) is 0. The third kappa shape index (κ3) is 3.63. The first kappa shape index (κ1) is 16.6. The van der Waals surface area contributed by atoms with Gasteiger partial charge in [0.05, 0.1) is 10.7 Å². The Balaban J connectivity index is 1.74. The predicted octanol–water partition coefficient (Wildman–Crippen LogP) is 2.53. The van der Waals surface area contributed by atoms with E-state index in [9.17, 15) is 18.5 Å². The molecule has 0 amide bonds. The van der Waals surface area contributed by atoms with E-state index in [1.54, 1.807) is 12.1 Å². The smallest absolute Gasteiger partial charge is 0.258 e. The Bertz CT molecular complexity index is 847. The van der Waals surface area contributed by atoms with Crippen molar-refractivity contribution < 1.29 is 13.3 Å². The summed E-state index contributed by atoms with van der Waals surface area (Å²) in [5.41, 5.74) is 3.05. The fraction of sp³-hybridized carbons (Fsp3) is 0.294. The molecule has 24 heavy (non-hydrogen) atoms. The summed E-state index contributed by atoms with van der Waals surface area (Å²) in [6, 6.07) is 14.0. The highest BCUT2D eigenvalue weighted by Gasteiger charge is 2.26. The van der Waals surface area contributed by atoms with Gasteiger partial charge in [0, 0.05) is 25.2 Å². The second-order valence-electron chi connectivity index (χ2n) is 5.84. The van der Waals surface area contributed by atoms with Crippen LogP contribution in [-0.2, 0) is 29.4 Å². The number of rotatable bonds is 4. The zero-order chi connectivity index (χ0) is 17.2. The topological polar surface area (TPSA) is 80.5 Å². The molecule has 0 bridgehead atoms. The molecule has 0 unspecified atom stereocenters. The zero-order valence-corrected chi connectivity index (χ0v) is 13.9. The van der Waals surface area contributed by atoms with Gasteiger partial charge in [0.1, 0.15) is 0 Å². The second kappa shape index (κ2) is 6.70. The van der Waals surface area contributed by atoms with Crippen LogP contribution in [0.5, 0.6) is 0 Å². The number of fused-ring (bicyclic) bond motifs is 1. The molecule has 2 aromatic rings. The molecule has 1 heterocycles. The lowest BCUT2D eigenvalue weighted by atomic mass is 10.1. The van der Waals surface area contributed by atoms with Crippen LogP contribution in [0.2, 0.25) is 0 Å². The molecule has 1 aliphatic heterocycles. The van der Waals surface area contributed by atoms with Gasteiger partial charge >= 0.3 is 0 Å². The van der Waals surface area contributed by atoms with Crippen LogP contribution in [0.3, 0.4) is 0 Å². The van der Waals surface area contributed by atoms with Crippen LogP contribution in [0, 0.1) is 10.1 Å². The highest BCUT2D eigenvalue weighted by molar-refractivity contribution is 7.89. The van der Waals surface area contributed by atoms with Crippen molar-refractivity contribution in [3.63, 3.8) is 0 Å². The van der Waals surface area contributed by atoms with Crippen molar-refractivity contribution in [3.8, 4) is 0 Å². The minimum atomic E-state index is -3.29. The normalized spacial score (nSPS) is 17.0. The largest absolute Gasteiger partial charge is 0.269 e. The van der Waals surface area contributed by atoms with Gasteiger partial charge in [0.2, 0.25) is 10.0 Å². The van der Waals surface area contributed by atoms with E-state index in [4.69, 9.17) is 0 Å². The lowest BCUT2D eigenvalue weighted by Gasteiger charge is -2.20. The molecule has 0 aromatic heterocycles. The van der Waals surface area contributed by atoms with Crippen LogP contribution < -0.4 is 0 Å². The van der Waals surface area contributed by atoms with E-state index in [0.29, 0.717) is 25.9 Å². The standard InChI is InChI=1S/C17H18N2O4S/c20-19(21)17-7-5-14(6-8-17)9-11-18-13-16-4-2-1-3-15(16)10-12-24(18,22)23/h1-8H,9-13H2. The molecule has 126 valence electrons. The Morgan fingerprint density at radius 1 is 1.04 bits per heavy atom. The molecule has 0 fully saturated rings. The average Bonchev–Trinajstić information content (AvgIpc) is 2.70. The molecule has 0 saturated carbocycles. The van der Waals surface area contributed by atoms with Crippen LogP contribution in [0.4, 0.5) is 5.69 Å². The summed E-state index contributed by atoms with van der Waals surface area (Å²) in [7, 11) is -3.29. The molecule has 0 spiro atoms. The molecule has 3 rings (SSSR count). The highest BCUT2D eigenvalue weighted by Crippen LogP contribution is 2.21. The van der Waals surface area contributed by atoms with Crippen LogP contribution in [0.25, 0.3) is 0 Å². The van der Waals surface area contributed by atoms with Crippen molar-refractivity contribution in [3.05, 3.63) is 75.3 Å². The first-order valence-corrected chi connectivity index (χ1v) is 9.34. The van der Waals surface area contributed by atoms with E-state index in [2.05, 4.69) is 0 Å². The van der Waals surface area contributed by atoms with E-state index < -0.39 is 14.9 Å². The third-order valence-electron chi connectivity index (χ3n) is 4.28. The Hall–Kier alpha value is -2.25. The molecule has 0 radical (unpaired) electrons. The SMILES string of the molecule is O=[N+]([O-])c1ccc(CCN2Cc3ccccc3CCS2(=O)=O)cc1. The Morgan fingerprint density at radius 3 is 2.38 bits per heavy atom. The summed E-state index contributed by atoms with van der Waals surface area (Å²) < 4.78 is 26.5. The molecule has 0 saturated heterocycles. The van der Waals surface area contributed by atoms with Crippen molar-refractivity contribution in [2.24, 2.45) is 0 Å². The molecule has 1 aliphatic rings. The summed E-state index contributed by atoms with van der Waals surface area (Å²) in [5, 5.41) is 10.7. The number of sulfonamides is 1. The van der Waals surface area contributed by atoms with Crippen molar-refractivity contribution in [2.75, 3.05) is 12.3 Å². The quantitative estimate of drug-likeness (QED) is 0.629. The van der Waals surface area contributed by atoms with Gasteiger partial charge in [-0.3, -0.25) is 10.1 Å². The van der Waals surface area contributed by atoms with Gasteiger partial charge < -0.3 is 0 Å². The maximum absolute atomic E-state index is 12.5. The number of non-ortho nitro benzene ring substituents is 1. The van der Waals surface area contributed by atoms with Gasteiger partial charge in [-0.25, -0.2) is 8.42 Å². The van der Waals surface area contributed by atoms with Gasteiger partial charge in [0.15, 0.2) is 0 Å². The minimum absolute atomic E-state index is 0.0371. The Labute approximate surface area is 140 Å². The molecule has 6 nitrogen and oxygen atoms in total. The summed E-state index contributed by atoms with van der Waals surface area (Å²) in [4.78, 5) is 10.2. The monoisotopic (exact) mass is 346 g/mol. The fourth-order valence-electron chi connectivity index (χ4n) is 2.87. The van der Waals surface area contributed by atoms with Crippen LogP contribution >= 0.6 is 0 Å². The summed E-state index contributed by atoms with van der Waals surface area (Å²) in [6.07, 6.45) is 1.06. The van der Waals surface area contributed by atoms with Gasteiger partial charge in [-0.05, 0) is 29.5 Å². The van der Waals surface area contributed by atoms with Gasteiger partial charge in [-0.2, -0.15) is 4.31 Å². The fourth-order valence-corrected chi connectivity index (χ4v) is 4.31. The summed E-state index contributed by atoms with van der Waals surface area (Å²) in [5.74, 6) is 0.115. The van der Waals surface area contributed by atoms with Gasteiger partial charge in [0.25, 0.3) is 5.69 Å². The number of benzene rings is 2. The molecular formula is C17H18N2O4S. The number of nitro groups is 1. The van der Waals surface area contributed by atoms with Crippen molar-refractivity contribution >= 4 is 15.7 Å².